The molecule has 0 saturated carbocycles. The van der Waals surface area contributed by atoms with Crippen LogP contribution in [0.25, 0.3) is 11.0 Å². The van der Waals surface area contributed by atoms with Crippen LogP contribution in [0.15, 0.2) is 18.2 Å². The molecule has 0 saturated heterocycles. The maximum atomic E-state index is 9.00. The summed E-state index contributed by atoms with van der Waals surface area (Å²) in [6.07, 6.45) is 0.994. The molecule has 4 nitrogen and oxygen atoms in total. The Hall–Kier alpha value is -1.86. The topological polar surface area (TPSA) is 50.8 Å². The lowest BCUT2D eigenvalue weighted by Gasteiger charge is -2.24. The molecule has 0 aliphatic carbocycles. The van der Waals surface area contributed by atoms with Crippen LogP contribution >= 0.6 is 0 Å². The molecular formula is C16H21N3O. The fraction of sp³-hybridized carbons (Fsp3) is 0.500. The van der Waals surface area contributed by atoms with Gasteiger partial charge in [0.1, 0.15) is 12.4 Å². The van der Waals surface area contributed by atoms with Gasteiger partial charge in [-0.15, -0.1) is 0 Å². The standard InChI is InChI=1S/C16H21N3O/c1-5-8-20-11-15-18-13-9-12(10-17)6-7-14(13)19(15)16(2,3)4/h6-7,9H,5,8,11H2,1-4H3. The van der Waals surface area contributed by atoms with Gasteiger partial charge in [0.2, 0.25) is 0 Å². The molecule has 0 fully saturated rings. The summed E-state index contributed by atoms with van der Waals surface area (Å²) in [5, 5.41) is 9.00. The second-order valence-electron chi connectivity index (χ2n) is 5.90. The van der Waals surface area contributed by atoms with Gasteiger partial charge in [0, 0.05) is 12.1 Å². The summed E-state index contributed by atoms with van der Waals surface area (Å²) in [6.45, 7) is 9.77. The van der Waals surface area contributed by atoms with E-state index in [9.17, 15) is 0 Å². The molecule has 0 atom stereocenters. The first-order valence-electron chi connectivity index (χ1n) is 6.97. The molecule has 0 amide bonds. The van der Waals surface area contributed by atoms with Crippen molar-refractivity contribution in [1.29, 1.82) is 5.26 Å². The van der Waals surface area contributed by atoms with Crippen molar-refractivity contribution >= 4 is 11.0 Å². The van der Waals surface area contributed by atoms with E-state index in [1.807, 2.05) is 18.2 Å². The van der Waals surface area contributed by atoms with Gasteiger partial charge in [-0.3, -0.25) is 0 Å². The Bertz CT molecular complexity index is 644. The van der Waals surface area contributed by atoms with Crippen molar-refractivity contribution in [2.45, 2.75) is 46.3 Å². The summed E-state index contributed by atoms with van der Waals surface area (Å²) in [6, 6.07) is 7.80. The van der Waals surface area contributed by atoms with Gasteiger partial charge < -0.3 is 9.30 Å². The minimum absolute atomic E-state index is 0.0756. The zero-order chi connectivity index (χ0) is 14.8. The second kappa shape index (κ2) is 5.64. The number of ether oxygens (including phenoxy) is 1. The van der Waals surface area contributed by atoms with Crippen molar-refractivity contribution in [3.05, 3.63) is 29.6 Å². The Morgan fingerprint density at radius 2 is 2.10 bits per heavy atom. The maximum Gasteiger partial charge on any atom is 0.136 e. The number of hydrogen-bond donors (Lipinski definition) is 0. The number of hydrogen-bond acceptors (Lipinski definition) is 3. The lowest BCUT2D eigenvalue weighted by atomic mass is 10.1. The van der Waals surface area contributed by atoms with Gasteiger partial charge in [-0.25, -0.2) is 4.98 Å². The van der Waals surface area contributed by atoms with Crippen LogP contribution in [-0.2, 0) is 16.9 Å². The highest BCUT2D eigenvalue weighted by molar-refractivity contribution is 5.78. The summed E-state index contributed by atoms with van der Waals surface area (Å²) in [7, 11) is 0. The van der Waals surface area contributed by atoms with E-state index in [0.29, 0.717) is 12.2 Å². The van der Waals surface area contributed by atoms with Gasteiger partial charge in [-0.2, -0.15) is 5.26 Å². The first kappa shape index (κ1) is 14.5. The van der Waals surface area contributed by atoms with E-state index in [1.165, 1.54) is 0 Å². The van der Waals surface area contributed by atoms with E-state index in [4.69, 9.17) is 10.00 Å². The number of imidazole rings is 1. The number of rotatable bonds is 4. The van der Waals surface area contributed by atoms with Gasteiger partial charge in [-0.1, -0.05) is 6.92 Å². The number of nitriles is 1. The molecule has 0 aliphatic rings. The average Bonchev–Trinajstić information content (AvgIpc) is 2.75. The first-order chi connectivity index (χ1) is 9.47. The van der Waals surface area contributed by atoms with Gasteiger partial charge in [-0.05, 0) is 45.4 Å². The van der Waals surface area contributed by atoms with Crippen LogP contribution < -0.4 is 0 Å². The Morgan fingerprint density at radius 3 is 2.70 bits per heavy atom. The van der Waals surface area contributed by atoms with Crippen molar-refractivity contribution in [3.8, 4) is 6.07 Å². The predicted octanol–water partition coefficient (Wildman–Crippen LogP) is 3.59. The summed E-state index contributed by atoms with van der Waals surface area (Å²) in [4.78, 5) is 4.65. The molecule has 106 valence electrons. The largest absolute Gasteiger partial charge is 0.374 e. The number of aromatic nitrogens is 2. The number of benzene rings is 1. The van der Waals surface area contributed by atoms with Crippen LogP contribution in [-0.4, -0.2) is 16.2 Å². The molecular weight excluding hydrogens is 250 g/mol. The SMILES string of the molecule is CCCOCc1nc2cc(C#N)ccc2n1C(C)(C)C. The summed E-state index contributed by atoms with van der Waals surface area (Å²) >= 11 is 0. The lowest BCUT2D eigenvalue weighted by molar-refractivity contribution is 0.111. The van der Waals surface area contributed by atoms with Crippen molar-refractivity contribution < 1.29 is 4.74 Å². The number of nitrogens with zero attached hydrogens (tertiary/aromatic N) is 3. The molecule has 2 rings (SSSR count). The maximum absolute atomic E-state index is 9.00. The first-order valence-corrected chi connectivity index (χ1v) is 6.97. The fourth-order valence-electron chi connectivity index (χ4n) is 2.35. The van der Waals surface area contributed by atoms with Gasteiger partial charge in [0.25, 0.3) is 0 Å². The van der Waals surface area contributed by atoms with E-state index < -0.39 is 0 Å². The minimum atomic E-state index is -0.0756. The Balaban J connectivity index is 2.52. The monoisotopic (exact) mass is 271 g/mol. The average molecular weight is 271 g/mol. The third kappa shape index (κ3) is 2.83. The van der Waals surface area contributed by atoms with Crippen molar-refractivity contribution in [3.63, 3.8) is 0 Å². The molecule has 1 aromatic heterocycles. The lowest BCUT2D eigenvalue weighted by Crippen LogP contribution is -2.24. The van der Waals surface area contributed by atoms with Crippen LogP contribution in [0.5, 0.6) is 0 Å². The summed E-state index contributed by atoms with van der Waals surface area (Å²) in [5.41, 5.74) is 2.46. The molecule has 0 bridgehead atoms. The fourth-order valence-corrected chi connectivity index (χ4v) is 2.35. The van der Waals surface area contributed by atoms with Crippen LogP contribution in [0, 0.1) is 11.3 Å². The van der Waals surface area contributed by atoms with E-state index in [2.05, 4.69) is 43.3 Å². The van der Waals surface area contributed by atoms with Crippen LogP contribution in [0.3, 0.4) is 0 Å². The normalized spacial score (nSPS) is 11.8. The van der Waals surface area contributed by atoms with Crippen LogP contribution in [0.2, 0.25) is 0 Å². The highest BCUT2D eigenvalue weighted by Crippen LogP contribution is 2.26. The molecule has 0 aliphatic heterocycles. The Labute approximate surface area is 120 Å². The van der Waals surface area contributed by atoms with E-state index in [1.54, 1.807) is 0 Å². The van der Waals surface area contributed by atoms with Gasteiger partial charge in [0.15, 0.2) is 0 Å². The molecule has 0 spiro atoms. The highest BCUT2D eigenvalue weighted by Gasteiger charge is 2.21. The Kier molecular flexibility index (Phi) is 4.10. The highest BCUT2D eigenvalue weighted by atomic mass is 16.5. The van der Waals surface area contributed by atoms with Gasteiger partial charge >= 0.3 is 0 Å². The molecule has 0 N–H and O–H groups in total. The third-order valence-electron chi connectivity index (χ3n) is 3.10. The quantitative estimate of drug-likeness (QED) is 0.798. The van der Waals surface area contributed by atoms with E-state index in [-0.39, 0.29) is 5.54 Å². The zero-order valence-electron chi connectivity index (χ0n) is 12.6. The summed E-state index contributed by atoms with van der Waals surface area (Å²) < 4.78 is 7.84. The van der Waals surface area contributed by atoms with Gasteiger partial charge in [0.05, 0.1) is 22.7 Å². The van der Waals surface area contributed by atoms with E-state index in [0.717, 1.165) is 29.9 Å². The molecule has 2 aromatic rings. The second-order valence-corrected chi connectivity index (χ2v) is 5.90. The van der Waals surface area contributed by atoms with Crippen molar-refractivity contribution in [2.24, 2.45) is 0 Å². The van der Waals surface area contributed by atoms with E-state index >= 15 is 0 Å². The van der Waals surface area contributed by atoms with Crippen molar-refractivity contribution in [1.82, 2.24) is 9.55 Å². The smallest absolute Gasteiger partial charge is 0.136 e. The molecule has 0 radical (unpaired) electrons. The zero-order valence-corrected chi connectivity index (χ0v) is 12.6. The predicted molar refractivity (Wildman–Crippen MR) is 79.4 cm³/mol. The van der Waals surface area contributed by atoms with Crippen molar-refractivity contribution in [2.75, 3.05) is 6.61 Å². The summed E-state index contributed by atoms with van der Waals surface area (Å²) in [5.74, 6) is 0.913. The van der Waals surface area contributed by atoms with Crippen LogP contribution in [0.4, 0.5) is 0 Å². The minimum Gasteiger partial charge on any atom is -0.374 e. The number of fused-ring (bicyclic) bond motifs is 1. The molecule has 1 heterocycles. The third-order valence-corrected chi connectivity index (χ3v) is 3.10. The molecule has 1 aromatic carbocycles. The van der Waals surface area contributed by atoms with Crippen LogP contribution in [0.1, 0.15) is 45.5 Å². The molecule has 20 heavy (non-hydrogen) atoms. The Morgan fingerprint density at radius 1 is 1.35 bits per heavy atom. The molecule has 0 unspecified atom stereocenters. The molecule has 4 heteroatoms.